The molecule has 0 aromatic heterocycles. The molecule has 0 fully saturated rings. The van der Waals surface area contributed by atoms with E-state index < -0.39 is 0 Å². The van der Waals surface area contributed by atoms with Gasteiger partial charge in [0.1, 0.15) is 5.82 Å². The van der Waals surface area contributed by atoms with Gasteiger partial charge in [0.15, 0.2) is 5.69 Å². The van der Waals surface area contributed by atoms with Gasteiger partial charge in [0.05, 0.1) is 6.57 Å². The van der Waals surface area contributed by atoms with Crippen LogP contribution < -0.4 is 0 Å². The summed E-state index contributed by atoms with van der Waals surface area (Å²) in [5, 5.41) is 0. The zero-order chi connectivity index (χ0) is 7.56. The minimum Gasteiger partial charge on any atom is -0.238 e. The second kappa shape index (κ2) is 2.49. The number of benzene rings is 1. The fourth-order valence-corrected chi connectivity index (χ4v) is 0.782. The van der Waals surface area contributed by atoms with Crippen LogP contribution in [0.2, 0.25) is 0 Å². The molecule has 10 heavy (non-hydrogen) atoms. The SMILES string of the molecule is [C-]#[N+]c1cc(C)cc(F)c1. The van der Waals surface area contributed by atoms with Gasteiger partial charge in [-0.15, -0.1) is 0 Å². The Morgan fingerprint density at radius 3 is 2.60 bits per heavy atom. The molecule has 2 heteroatoms. The van der Waals surface area contributed by atoms with Crippen LogP contribution in [0.4, 0.5) is 10.1 Å². The molecule has 0 saturated heterocycles. The summed E-state index contributed by atoms with van der Waals surface area (Å²) in [7, 11) is 0. The predicted molar refractivity (Wildman–Crippen MR) is 37.4 cm³/mol. The van der Waals surface area contributed by atoms with Gasteiger partial charge in [-0.05, 0) is 19.1 Å². The lowest BCUT2D eigenvalue weighted by Crippen LogP contribution is -1.74. The lowest BCUT2D eigenvalue weighted by atomic mass is 10.2. The fourth-order valence-electron chi connectivity index (χ4n) is 0.782. The Hall–Kier alpha value is -1.36. The first-order valence-corrected chi connectivity index (χ1v) is 2.87. The van der Waals surface area contributed by atoms with Crippen molar-refractivity contribution in [3.63, 3.8) is 0 Å². The van der Waals surface area contributed by atoms with E-state index in [1.807, 2.05) is 0 Å². The summed E-state index contributed by atoms with van der Waals surface area (Å²) in [6.45, 7) is 8.36. The van der Waals surface area contributed by atoms with E-state index in [1.165, 1.54) is 12.1 Å². The van der Waals surface area contributed by atoms with Crippen molar-refractivity contribution in [3.05, 3.63) is 41.0 Å². The monoisotopic (exact) mass is 135 g/mol. The van der Waals surface area contributed by atoms with Crippen molar-refractivity contribution < 1.29 is 4.39 Å². The molecule has 0 heterocycles. The third kappa shape index (κ3) is 1.32. The number of halogens is 1. The Bertz CT molecular complexity index is 266. The highest BCUT2D eigenvalue weighted by molar-refractivity contribution is 5.46. The van der Waals surface area contributed by atoms with Crippen molar-refractivity contribution in [2.75, 3.05) is 0 Å². The molecule has 1 aromatic carbocycles. The lowest BCUT2D eigenvalue weighted by Gasteiger charge is -1.92. The lowest BCUT2D eigenvalue weighted by molar-refractivity contribution is 0.627. The average Bonchev–Trinajstić information content (AvgIpc) is 1.85. The molecule has 0 aliphatic rings. The minimum absolute atomic E-state index is 0.342. The van der Waals surface area contributed by atoms with Crippen molar-refractivity contribution in [3.8, 4) is 0 Å². The van der Waals surface area contributed by atoms with E-state index in [-0.39, 0.29) is 5.82 Å². The number of hydrogen-bond acceptors (Lipinski definition) is 0. The molecule has 0 radical (unpaired) electrons. The van der Waals surface area contributed by atoms with E-state index in [0.717, 1.165) is 5.56 Å². The summed E-state index contributed by atoms with van der Waals surface area (Å²) in [6, 6.07) is 4.27. The van der Waals surface area contributed by atoms with Gasteiger partial charge in [-0.3, -0.25) is 0 Å². The van der Waals surface area contributed by atoms with Gasteiger partial charge in [0.2, 0.25) is 0 Å². The third-order valence-corrected chi connectivity index (χ3v) is 1.16. The van der Waals surface area contributed by atoms with Gasteiger partial charge in [-0.25, -0.2) is 9.24 Å². The van der Waals surface area contributed by atoms with Gasteiger partial charge >= 0.3 is 0 Å². The summed E-state index contributed by atoms with van der Waals surface area (Å²) in [5.74, 6) is -0.342. The molecule has 0 atom stereocenters. The number of aryl methyl sites for hydroxylation is 1. The van der Waals surface area contributed by atoms with Crippen molar-refractivity contribution >= 4 is 5.69 Å². The first-order chi connectivity index (χ1) is 4.72. The van der Waals surface area contributed by atoms with E-state index in [9.17, 15) is 4.39 Å². The van der Waals surface area contributed by atoms with Crippen LogP contribution in [0.15, 0.2) is 18.2 Å². The van der Waals surface area contributed by atoms with E-state index in [2.05, 4.69) is 4.85 Å². The third-order valence-electron chi connectivity index (χ3n) is 1.16. The Morgan fingerprint density at radius 2 is 2.10 bits per heavy atom. The molecule has 0 amide bonds. The molecule has 0 aliphatic carbocycles. The zero-order valence-corrected chi connectivity index (χ0v) is 5.56. The van der Waals surface area contributed by atoms with Crippen LogP contribution in [0.1, 0.15) is 5.56 Å². The summed E-state index contributed by atoms with van der Waals surface area (Å²) in [5.41, 5.74) is 1.14. The summed E-state index contributed by atoms with van der Waals surface area (Å²) in [6.07, 6.45) is 0. The molecular formula is C8H6FN. The van der Waals surface area contributed by atoms with E-state index in [0.29, 0.717) is 5.69 Å². The molecule has 50 valence electrons. The second-order valence-electron chi connectivity index (χ2n) is 2.10. The van der Waals surface area contributed by atoms with E-state index in [4.69, 9.17) is 6.57 Å². The van der Waals surface area contributed by atoms with Crippen LogP contribution in [0.3, 0.4) is 0 Å². The molecule has 0 aliphatic heterocycles. The van der Waals surface area contributed by atoms with Gasteiger partial charge in [-0.2, -0.15) is 0 Å². The molecule has 0 saturated carbocycles. The molecule has 0 N–H and O–H groups in total. The molecule has 0 bridgehead atoms. The second-order valence-corrected chi connectivity index (χ2v) is 2.10. The van der Waals surface area contributed by atoms with Crippen LogP contribution in [0.5, 0.6) is 0 Å². The van der Waals surface area contributed by atoms with Crippen LogP contribution >= 0.6 is 0 Å². The maximum atomic E-state index is 12.5. The summed E-state index contributed by atoms with van der Waals surface area (Å²) in [4.78, 5) is 3.10. The summed E-state index contributed by atoms with van der Waals surface area (Å²) >= 11 is 0. The Morgan fingerprint density at radius 1 is 1.40 bits per heavy atom. The van der Waals surface area contributed by atoms with Crippen molar-refractivity contribution in [1.29, 1.82) is 0 Å². The standard InChI is InChI=1S/C8H6FN/c1-6-3-7(9)5-8(4-6)10-2/h3-5H,1H3. The predicted octanol–water partition coefficient (Wildman–Crippen LogP) is 2.68. The number of rotatable bonds is 0. The quantitative estimate of drug-likeness (QED) is 0.482. The highest BCUT2D eigenvalue weighted by Gasteiger charge is 1.94. The molecule has 1 aromatic rings. The largest absolute Gasteiger partial charge is 0.238 e. The van der Waals surface area contributed by atoms with Crippen LogP contribution in [0.25, 0.3) is 4.85 Å². The van der Waals surface area contributed by atoms with Crippen molar-refractivity contribution in [1.82, 2.24) is 0 Å². The van der Waals surface area contributed by atoms with E-state index in [1.54, 1.807) is 13.0 Å². The highest BCUT2D eigenvalue weighted by atomic mass is 19.1. The van der Waals surface area contributed by atoms with Gasteiger partial charge in [0.25, 0.3) is 0 Å². The normalized spacial score (nSPS) is 8.90. The van der Waals surface area contributed by atoms with Crippen LogP contribution in [-0.2, 0) is 0 Å². The fraction of sp³-hybridized carbons (Fsp3) is 0.125. The highest BCUT2D eigenvalue weighted by Crippen LogP contribution is 2.15. The average molecular weight is 135 g/mol. The molecule has 1 nitrogen and oxygen atoms in total. The molecule has 1 rings (SSSR count). The number of nitrogens with zero attached hydrogens (tertiary/aromatic N) is 1. The minimum atomic E-state index is -0.342. The Labute approximate surface area is 58.9 Å². The Balaban J connectivity index is 3.22. The summed E-state index contributed by atoms with van der Waals surface area (Å²) < 4.78 is 12.5. The first-order valence-electron chi connectivity index (χ1n) is 2.87. The smallest absolute Gasteiger partial charge is 0.190 e. The molecule has 0 spiro atoms. The van der Waals surface area contributed by atoms with Gasteiger partial charge in [0, 0.05) is 0 Å². The van der Waals surface area contributed by atoms with Gasteiger partial charge < -0.3 is 0 Å². The first kappa shape index (κ1) is 6.76. The van der Waals surface area contributed by atoms with Gasteiger partial charge in [-0.1, -0.05) is 11.6 Å². The van der Waals surface area contributed by atoms with Crippen molar-refractivity contribution in [2.45, 2.75) is 6.92 Å². The topological polar surface area (TPSA) is 4.36 Å². The van der Waals surface area contributed by atoms with Crippen molar-refractivity contribution in [2.24, 2.45) is 0 Å². The maximum Gasteiger partial charge on any atom is 0.190 e. The molecule has 0 unspecified atom stereocenters. The van der Waals surface area contributed by atoms with E-state index >= 15 is 0 Å². The van der Waals surface area contributed by atoms with Crippen LogP contribution in [-0.4, -0.2) is 0 Å². The van der Waals surface area contributed by atoms with Crippen LogP contribution in [0, 0.1) is 19.3 Å². The maximum absolute atomic E-state index is 12.5. The zero-order valence-electron chi connectivity index (χ0n) is 5.56. The number of hydrogen-bond donors (Lipinski definition) is 0. The Kier molecular flexibility index (Phi) is 1.68. The molecular weight excluding hydrogens is 129 g/mol.